The Balaban J connectivity index is 2.86. The van der Waals surface area contributed by atoms with Gasteiger partial charge >= 0.3 is 0 Å². The van der Waals surface area contributed by atoms with Gasteiger partial charge in [-0.15, -0.1) is 11.6 Å². The summed E-state index contributed by atoms with van der Waals surface area (Å²) in [7, 11) is 0. The number of carbonyl (C=O) groups is 1. The van der Waals surface area contributed by atoms with E-state index >= 15 is 0 Å². The highest BCUT2D eigenvalue weighted by molar-refractivity contribution is 6.31. The van der Waals surface area contributed by atoms with Crippen LogP contribution in [-0.2, 0) is 0 Å². The molecule has 1 unspecified atom stereocenters. The average molecular weight is 274 g/mol. The molecule has 1 rings (SSSR count). The van der Waals surface area contributed by atoms with Crippen LogP contribution in [0.3, 0.4) is 0 Å². The van der Waals surface area contributed by atoms with E-state index in [-0.39, 0.29) is 11.9 Å². The summed E-state index contributed by atoms with van der Waals surface area (Å²) in [6, 6.07) is 5.26. The number of carbonyl (C=O) groups excluding carboxylic acids is 1. The Morgan fingerprint density at radius 1 is 1.41 bits per heavy atom. The molecule has 1 amide bonds. The quantitative estimate of drug-likeness (QED) is 0.834. The lowest BCUT2D eigenvalue weighted by Crippen LogP contribution is -2.40. The maximum atomic E-state index is 12.1. The second-order valence-electron chi connectivity index (χ2n) is 4.44. The Morgan fingerprint density at radius 3 is 2.59 bits per heavy atom. The number of rotatable bonds is 4. The van der Waals surface area contributed by atoms with Crippen LogP contribution in [0.5, 0.6) is 0 Å². The lowest BCUT2D eigenvalue weighted by Gasteiger charge is -2.20. The summed E-state index contributed by atoms with van der Waals surface area (Å²) in [5, 5.41) is 3.48. The molecule has 1 atom stereocenters. The first-order valence-corrected chi connectivity index (χ1v) is 6.50. The molecule has 0 saturated heterocycles. The summed E-state index contributed by atoms with van der Waals surface area (Å²) >= 11 is 11.7. The van der Waals surface area contributed by atoms with Crippen LogP contribution in [0, 0.1) is 12.8 Å². The molecule has 1 N–H and O–H groups in total. The topological polar surface area (TPSA) is 29.1 Å². The molecule has 0 aliphatic carbocycles. The molecule has 0 aromatic heterocycles. The second-order valence-corrected chi connectivity index (χ2v) is 5.18. The van der Waals surface area contributed by atoms with Crippen LogP contribution in [0.4, 0.5) is 0 Å². The average Bonchev–Trinajstić information content (AvgIpc) is 2.28. The van der Waals surface area contributed by atoms with Crippen molar-refractivity contribution in [1.82, 2.24) is 5.32 Å². The zero-order valence-electron chi connectivity index (χ0n) is 10.3. The van der Waals surface area contributed by atoms with Crippen LogP contribution in [0.1, 0.15) is 29.8 Å². The van der Waals surface area contributed by atoms with E-state index in [0.29, 0.717) is 22.4 Å². The number of hydrogen-bond donors (Lipinski definition) is 1. The Bertz CT molecular complexity index is 404. The molecule has 0 spiro atoms. The molecule has 4 heteroatoms. The Hall–Kier alpha value is -0.730. The number of amides is 1. The van der Waals surface area contributed by atoms with Gasteiger partial charge in [0.2, 0.25) is 0 Å². The molecule has 0 heterocycles. The highest BCUT2D eigenvalue weighted by Gasteiger charge is 2.17. The Labute approximate surface area is 112 Å². The predicted octanol–water partition coefficient (Wildman–Crippen LogP) is 3.64. The maximum Gasteiger partial charge on any atom is 0.251 e. The molecule has 0 aliphatic rings. The van der Waals surface area contributed by atoms with Crippen molar-refractivity contribution >= 4 is 29.1 Å². The van der Waals surface area contributed by atoms with Gasteiger partial charge in [0.15, 0.2) is 0 Å². The van der Waals surface area contributed by atoms with Crippen molar-refractivity contribution < 1.29 is 4.79 Å². The van der Waals surface area contributed by atoms with Crippen molar-refractivity contribution in [2.75, 3.05) is 5.88 Å². The third-order valence-electron chi connectivity index (χ3n) is 2.73. The SMILES string of the molecule is Cc1ccc(Cl)cc1C(=O)NC(CCl)C(C)C. The molecule has 2 nitrogen and oxygen atoms in total. The van der Waals surface area contributed by atoms with Crippen molar-refractivity contribution in [2.45, 2.75) is 26.8 Å². The molecule has 0 saturated carbocycles. The minimum absolute atomic E-state index is 0.0254. The van der Waals surface area contributed by atoms with E-state index in [1.807, 2.05) is 26.8 Å². The predicted molar refractivity (Wildman–Crippen MR) is 73.0 cm³/mol. The van der Waals surface area contributed by atoms with Gasteiger partial charge in [0.1, 0.15) is 0 Å². The summed E-state index contributed by atoms with van der Waals surface area (Å²) in [6.07, 6.45) is 0. The zero-order valence-corrected chi connectivity index (χ0v) is 11.8. The first-order chi connectivity index (χ1) is 7.95. The molecular weight excluding hydrogens is 257 g/mol. The standard InChI is InChI=1S/C13H17Cl2NO/c1-8(2)12(7-14)16-13(17)11-6-10(15)5-4-9(11)3/h4-6,8,12H,7H2,1-3H3,(H,16,17). The van der Waals surface area contributed by atoms with Crippen LogP contribution < -0.4 is 5.32 Å². The third-order valence-corrected chi connectivity index (χ3v) is 3.30. The van der Waals surface area contributed by atoms with E-state index in [2.05, 4.69) is 5.32 Å². The first kappa shape index (κ1) is 14.3. The fraction of sp³-hybridized carbons (Fsp3) is 0.462. The minimum atomic E-state index is -0.121. The number of hydrogen-bond acceptors (Lipinski definition) is 1. The van der Waals surface area contributed by atoms with Crippen LogP contribution in [-0.4, -0.2) is 17.8 Å². The van der Waals surface area contributed by atoms with Crippen molar-refractivity contribution in [1.29, 1.82) is 0 Å². The third kappa shape index (κ3) is 3.90. The van der Waals surface area contributed by atoms with Gasteiger partial charge in [-0.1, -0.05) is 31.5 Å². The van der Waals surface area contributed by atoms with Gasteiger partial charge in [-0.25, -0.2) is 0 Å². The summed E-state index contributed by atoms with van der Waals surface area (Å²) < 4.78 is 0. The number of halogens is 2. The maximum absolute atomic E-state index is 12.1. The molecule has 0 radical (unpaired) electrons. The number of benzene rings is 1. The van der Waals surface area contributed by atoms with E-state index in [0.717, 1.165) is 5.56 Å². The van der Waals surface area contributed by atoms with Crippen LogP contribution in [0.2, 0.25) is 5.02 Å². The first-order valence-electron chi connectivity index (χ1n) is 5.58. The van der Waals surface area contributed by atoms with E-state index in [1.165, 1.54) is 0 Å². The molecule has 0 aliphatic heterocycles. The van der Waals surface area contributed by atoms with E-state index < -0.39 is 0 Å². The Morgan fingerprint density at radius 2 is 2.06 bits per heavy atom. The van der Waals surface area contributed by atoms with Crippen molar-refractivity contribution in [3.05, 3.63) is 34.3 Å². The smallest absolute Gasteiger partial charge is 0.251 e. The fourth-order valence-electron chi connectivity index (χ4n) is 1.47. The van der Waals surface area contributed by atoms with Crippen molar-refractivity contribution in [2.24, 2.45) is 5.92 Å². The normalized spacial score (nSPS) is 12.6. The van der Waals surface area contributed by atoms with Gasteiger partial charge < -0.3 is 5.32 Å². The van der Waals surface area contributed by atoms with Crippen LogP contribution in [0.15, 0.2) is 18.2 Å². The molecular formula is C13H17Cl2NO. The lowest BCUT2D eigenvalue weighted by atomic mass is 10.0. The van der Waals surface area contributed by atoms with Crippen molar-refractivity contribution in [3.8, 4) is 0 Å². The molecule has 1 aromatic carbocycles. The van der Waals surface area contributed by atoms with E-state index in [1.54, 1.807) is 12.1 Å². The minimum Gasteiger partial charge on any atom is -0.348 e. The lowest BCUT2D eigenvalue weighted by molar-refractivity contribution is 0.0930. The van der Waals surface area contributed by atoms with Gasteiger partial charge in [-0.3, -0.25) is 4.79 Å². The highest BCUT2D eigenvalue weighted by Crippen LogP contribution is 2.16. The van der Waals surface area contributed by atoms with E-state index in [9.17, 15) is 4.79 Å². The highest BCUT2D eigenvalue weighted by atomic mass is 35.5. The van der Waals surface area contributed by atoms with Crippen LogP contribution in [0.25, 0.3) is 0 Å². The van der Waals surface area contributed by atoms with Gasteiger partial charge in [0.05, 0.1) is 0 Å². The van der Waals surface area contributed by atoms with E-state index in [4.69, 9.17) is 23.2 Å². The molecule has 94 valence electrons. The summed E-state index contributed by atoms with van der Waals surface area (Å²) in [6.45, 7) is 5.94. The summed E-state index contributed by atoms with van der Waals surface area (Å²) in [5.41, 5.74) is 1.51. The summed E-state index contributed by atoms with van der Waals surface area (Å²) in [4.78, 5) is 12.1. The second kappa shape index (κ2) is 6.27. The molecule has 0 fully saturated rings. The largest absolute Gasteiger partial charge is 0.348 e. The van der Waals surface area contributed by atoms with Crippen molar-refractivity contribution in [3.63, 3.8) is 0 Å². The molecule has 1 aromatic rings. The number of aryl methyl sites for hydroxylation is 1. The van der Waals surface area contributed by atoms with Gasteiger partial charge in [0.25, 0.3) is 5.91 Å². The molecule has 0 bridgehead atoms. The monoisotopic (exact) mass is 273 g/mol. The fourth-order valence-corrected chi connectivity index (χ4v) is 2.07. The van der Waals surface area contributed by atoms with Crippen LogP contribution >= 0.6 is 23.2 Å². The Kier molecular flexibility index (Phi) is 5.29. The van der Waals surface area contributed by atoms with Gasteiger partial charge in [-0.05, 0) is 30.5 Å². The van der Waals surface area contributed by atoms with Gasteiger partial charge in [-0.2, -0.15) is 0 Å². The zero-order chi connectivity index (χ0) is 13.0. The van der Waals surface area contributed by atoms with Gasteiger partial charge in [0, 0.05) is 22.5 Å². The number of nitrogens with one attached hydrogen (secondary N) is 1. The summed E-state index contributed by atoms with van der Waals surface area (Å²) in [5.74, 6) is 0.587. The number of alkyl halides is 1. The molecule has 17 heavy (non-hydrogen) atoms.